The number of hydrogen-bond acceptors (Lipinski definition) is 1. The lowest BCUT2D eigenvalue weighted by Gasteiger charge is -2.13. The predicted octanol–water partition coefficient (Wildman–Crippen LogP) is 4.04. The molecular weight excluding hydrogens is 229 g/mol. The van der Waals surface area contributed by atoms with E-state index in [-0.39, 0.29) is 18.4 Å². The summed E-state index contributed by atoms with van der Waals surface area (Å²) < 4.78 is 0. The Balaban J connectivity index is 0.00000196. The molecule has 0 saturated heterocycles. The van der Waals surface area contributed by atoms with Crippen LogP contribution in [0.15, 0.2) is 30.9 Å². The first-order valence-electron chi connectivity index (χ1n) is 4.77. The van der Waals surface area contributed by atoms with Crippen LogP contribution in [0.4, 0.5) is 0 Å². The maximum absolute atomic E-state index is 6.04. The van der Waals surface area contributed by atoms with Gasteiger partial charge in [0, 0.05) is 11.1 Å². The van der Waals surface area contributed by atoms with Gasteiger partial charge in [0.1, 0.15) is 0 Å². The molecule has 0 heterocycles. The zero-order valence-corrected chi connectivity index (χ0v) is 10.4. The highest BCUT2D eigenvalue weighted by Gasteiger charge is 2.07. The summed E-state index contributed by atoms with van der Waals surface area (Å²) in [7, 11) is 0. The van der Waals surface area contributed by atoms with Crippen LogP contribution in [0, 0.1) is 6.92 Å². The van der Waals surface area contributed by atoms with E-state index in [2.05, 4.69) is 6.58 Å². The highest BCUT2D eigenvalue weighted by Crippen LogP contribution is 2.22. The quantitative estimate of drug-likeness (QED) is 0.797. The van der Waals surface area contributed by atoms with Crippen LogP contribution in [0.2, 0.25) is 5.02 Å². The van der Waals surface area contributed by atoms with Gasteiger partial charge in [-0.15, -0.1) is 19.0 Å². The Hall–Kier alpha value is -0.500. The van der Waals surface area contributed by atoms with Gasteiger partial charge >= 0.3 is 0 Å². The van der Waals surface area contributed by atoms with Gasteiger partial charge < -0.3 is 5.73 Å². The number of allylic oxidation sites excluding steroid dienone is 1. The highest BCUT2D eigenvalue weighted by molar-refractivity contribution is 6.30. The second-order valence-corrected chi connectivity index (χ2v) is 3.91. The Kier molecular flexibility index (Phi) is 6.66. The van der Waals surface area contributed by atoms with Crippen LogP contribution < -0.4 is 5.73 Å². The molecule has 1 nitrogen and oxygen atoms in total. The van der Waals surface area contributed by atoms with Crippen LogP contribution in [0.25, 0.3) is 0 Å². The first-order chi connectivity index (χ1) is 6.65. The van der Waals surface area contributed by atoms with E-state index in [1.807, 2.05) is 31.2 Å². The Morgan fingerprint density at radius 1 is 1.53 bits per heavy atom. The lowest BCUT2D eigenvalue weighted by atomic mass is 9.98. The third kappa shape index (κ3) is 4.25. The first-order valence-corrected chi connectivity index (χ1v) is 5.15. The first kappa shape index (κ1) is 14.5. The molecule has 0 bridgehead atoms. The predicted molar refractivity (Wildman–Crippen MR) is 69.8 cm³/mol. The molecule has 3 heteroatoms. The van der Waals surface area contributed by atoms with Crippen molar-refractivity contribution in [2.24, 2.45) is 5.73 Å². The fraction of sp³-hybridized carbons (Fsp3) is 0.333. The van der Waals surface area contributed by atoms with Gasteiger partial charge in [-0.25, -0.2) is 0 Å². The van der Waals surface area contributed by atoms with E-state index in [9.17, 15) is 0 Å². The minimum atomic E-state index is 0. The molecule has 0 fully saturated rings. The van der Waals surface area contributed by atoms with Gasteiger partial charge in [-0.3, -0.25) is 0 Å². The molecule has 0 saturated carbocycles. The molecule has 0 radical (unpaired) electrons. The van der Waals surface area contributed by atoms with Crippen LogP contribution in [-0.4, -0.2) is 0 Å². The SMILES string of the molecule is C=CCC[C@H](N)c1ccc(Cl)cc1C.Cl. The Morgan fingerprint density at radius 2 is 2.20 bits per heavy atom. The van der Waals surface area contributed by atoms with Crippen molar-refractivity contribution in [1.29, 1.82) is 0 Å². The van der Waals surface area contributed by atoms with Crippen molar-refractivity contribution in [2.75, 3.05) is 0 Å². The van der Waals surface area contributed by atoms with E-state index in [4.69, 9.17) is 17.3 Å². The average molecular weight is 246 g/mol. The minimum absolute atomic E-state index is 0. The fourth-order valence-corrected chi connectivity index (χ4v) is 1.73. The number of aryl methyl sites for hydroxylation is 1. The number of nitrogens with two attached hydrogens (primary N) is 1. The lowest BCUT2D eigenvalue weighted by molar-refractivity contribution is 0.658. The number of rotatable bonds is 4. The summed E-state index contributed by atoms with van der Waals surface area (Å²) in [5, 5.41) is 0.766. The zero-order valence-electron chi connectivity index (χ0n) is 8.87. The molecule has 0 aliphatic carbocycles. The summed E-state index contributed by atoms with van der Waals surface area (Å²) in [6, 6.07) is 5.93. The fourth-order valence-electron chi connectivity index (χ4n) is 1.51. The van der Waals surface area contributed by atoms with Gasteiger partial charge in [-0.05, 0) is 43.0 Å². The largest absolute Gasteiger partial charge is 0.324 e. The van der Waals surface area contributed by atoms with E-state index >= 15 is 0 Å². The van der Waals surface area contributed by atoms with Crippen LogP contribution in [-0.2, 0) is 0 Å². The summed E-state index contributed by atoms with van der Waals surface area (Å²) in [4.78, 5) is 0. The lowest BCUT2D eigenvalue weighted by Crippen LogP contribution is -2.11. The summed E-state index contributed by atoms with van der Waals surface area (Å²) in [5.41, 5.74) is 8.38. The van der Waals surface area contributed by atoms with Crippen molar-refractivity contribution in [3.63, 3.8) is 0 Å². The molecule has 1 aromatic carbocycles. The van der Waals surface area contributed by atoms with E-state index < -0.39 is 0 Å². The topological polar surface area (TPSA) is 26.0 Å². The molecule has 1 atom stereocenters. The molecule has 0 aliphatic heterocycles. The molecule has 1 aromatic rings. The van der Waals surface area contributed by atoms with Gasteiger partial charge in [0.15, 0.2) is 0 Å². The van der Waals surface area contributed by atoms with E-state index in [1.54, 1.807) is 0 Å². The number of benzene rings is 1. The van der Waals surface area contributed by atoms with Gasteiger partial charge in [-0.2, -0.15) is 0 Å². The number of halogens is 2. The summed E-state index contributed by atoms with van der Waals surface area (Å²) in [5.74, 6) is 0. The standard InChI is InChI=1S/C12H16ClN.ClH/c1-3-4-5-12(14)11-7-6-10(13)8-9(11)2;/h3,6-8,12H,1,4-5,14H2,2H3;1H/t12-;/m0./s1. The van der Waals surface area contributed by atoms with Crippen molar-refractivity contribution in [3.8, 4) is 0 Å². The van der Waals surface area contributed by atoms with Crippen LogP contribution >= 0.6 is 24.0 Å². The average Bonchev–Trinajstić information content (AvgIpc) is 2.14. The molecule has 0 unspecified atom stereocenters. The molecule has 2 N–H and O–H groups in total. The Morgan fingerprint density at radius 3 is 2.73 bits per heavy atom. The van der Waals surface area contributed by atoms with Gasteiger partial charge in [0.25, 0.3) is 0 Å². The molecule has 0 spiro atoms. The summed E-state index contributed by atoms with van der Waals surface area (Å²) in [6.07, 6.45) is 3.78. The molecule has 0 amide bonds. The molecule has 0 aromatic heterocycles. The van der Waals surface area contributed by atoms with Gasteiger partial charge in [0.05, 0.1) is 0 Å². The third-order valence-corrected chi connectivity index (χ3v) is 2.55. The zero-order chi connectivity index (χ0) is 10.6. The number of hydrogen-bond donors (Lipinski definition) is 1. The van der Waals surface area contributed by atoms with Crippen LogP contribution in [0.5, 0.6) is 0 Å². The van der Waals surface area contributed by atoms with Crippen molar-refractivity contribution in [1.82, 2.24) is 0 Å². The van der Waals surface area contributed by atoms with Crippen LogP contribution in [0.1, 0.15) is 30.0 Å². The van der Waals surface area contributed by atoms with Gasteiger partial charge in [0.2, 0.25) is 0 Å². The second-order valence-electron chi connectivity index (χ2n) is 3.47. The molecular formula is C12H17Cl2N. The van der Waals surface area contributed by atoms with E-state index in [0.717, 1.165) is 23.4 Å². The van der Waals surface area contributed by atoms with Crippen molar-refractivity contribution in [3.05, 3.63) is 47.0 Å². The van der Waals surface area contributed by atoms with Gasteiger partial charge in [-0.1, -0.05) is 23.7 Å². The molecule has 1 rings (SSSR count). The normalized spacial score (nSPS) is 11.7. The van der Waals surface area contributed by atoms with Crippen LogP contribution in [0.3, 0.4) is 0 Å². The maximum Gasteiger partial charge on any atom is 0.0408 e. The van der Waals surface area contributed by atoms with Crippen molar-refractivity contribution < 1.29 is 0 Å². The highest BCUT2D eigenvalue weighted by atomic mass is 35.5. The maximum atomic E-state index is 6.04. The summed E-state index contributed by atoms with van der Waals surface area (Å²) >= 11 is 5.87. The Labute approximate surface area is 103 Å². The molecule has 0 aliphatic rings. The Bertz CT molecular complexity index is 323. The van der Waals surface area contributed by atoms with Crippen molar-refractivity contribution in [2.45, 2.75) is 25.8 Å². The molecule has 84 valence electrons. The summed E-state index contributed by atoms with van der Waals surface area (Å²) in [6.45, 7) is 5.72. The second kappa shape index (κ2) is 6.89. The third-order valence-electron chi connectivity index (χ3n) is 2.31. The molecule has 15 heavy (non-hydrogen) atoms. The van der Waals surface area contributed by atoms with E-state index in [1.165, 1.54) is 5.56 Å². The van der Waals surface area contributed by atoms with Crippen molar-refractivity contribution >= 4 is 24.0 Å². The monoisotopic (exact) mass is 245 g/mol. The van der Waals surface area contributed by atoms with E-state index in [0.29, 0.717) is 0 Å². The minimum Gasteiger partial charge on any atom is -0.324 e. The smallest absolute Gasteiger partial charge is 0.0408 e.